The lowest BCUT2D eigenvalue weighted by Crippen LogP contribution is -2.35. The Morgan fingerprint density at radius 2 is 2.21 bits per heavy atom. The third-order valence-electron chi connectivity index (χ3n) is 2.76. The predicted molar refractivity (Wildman–Crippen MR) is 78.5 cm³/mol. The Balaban J connectivity index is 3.09. The third kappa shape index (κ3) is 4.05. The molecule has 0 amide bonds. The minimum absolute atomic E-state index is 0.0199. The SMILES string of the molecule is CCOc1cc(C(C(N)=S)N(C)CCO)ccc1O. The van der Waals surface area contributed by atoms with Gasteiger partial charge in [0.05, 0.1) is 24.2 Å². The first-order valence-electron chi connectivity index (χ1n) is 6.07. The molecule has 4 N–H and O–H groups in total. The van der Waals surface area contributed by atoms with Gasteiger partial charge in [0.25, 0.3) is 0 Å². The molecule has 19 heavy (non-hydrogen) atoms. The zero-order valence-electron chi connectivity index (χ0n) is 11.2. The minimum Gasteiger partial charge on any atom is -0.504 e. The fourth-order valence-corrected chi connectivity index (χ4v) is 2.21. The van der Waals surface area contributed by atoms with Crippen molar-refractivity contribution in [2.75, 3.05) is 26.8 Å². The lowest BCUT2D eigenvalue weighted by Gasteiger charge is -2.27. The van der Waals surface area contributed by atoms with E-state index in [4.69, 9.17) is 27.8 Å². The normalized spacial score (nSPS) is 12.4. The van der Waals surface area contributed by atoms with Crippen LogP contribution < -0.4 is 10.5 Å². The topological polar surface area (TPSA) is 79.0 Å². The molecular formula is C13H20N2O3S. The minimum atomic E-state index is -0.304. The number of benzene rings is 1. The summed E-state index contributed by atoms with van der Waals surface area (Å²) in [5, 5.41) is 18.7. The maximum atomic E-state index is 9.69. The van der Waals surface area contributed by atoms with Gasteiger partial charge in [0.15, 0.2) is 11.5 Å². The highest BCUT2D eigenvalue weighted by Gasteiger charge is 2.21. The molecule has 0 spiro atoms. The second kappa shape index (κ2) is 7.28. The van der Waals surface area contributed by atoms with E-state index in [1.54, 1.807) is 18.2 Å². The molecule has 0 aromatic heterocycles. The van der Waals surface area contributed by atoms with Crippen LogP contribution in [0.15, 0.2) is 18.2 Å². The maximum absolute atomic E-state index is 9.69. The van der Waals surface area contributed by atoms with Crippen LogP contribution in [0.4, 0.5) is 0 Å². The molecule has 0 radical (unpaired) electrons. The molecule has 0 saturated carbocycles. The van der Waals surface area contributed by atoms with Crippen LogP contribution in [-0.2, 0) is 0 Å². The number of aliphatic hydroxyl groups is 1. The van der Waals surface area contributed by atoms with E-state index in [-0.39, 0.29) is 18.4 Å². The van der Waals surface area contributed by atoms with Gasteiger partial charge in [-0.25, -0.2) is 0 Å². The van der Waals surface area contributed by atoms with Gasteiger partial charge in [-0.05, 0) is 31.7 Å². The highest BCUT2D eigenvalue weighted by Crippen LogP contribution is 2.31. The van der Waals surface area contributed by atoms with Crippen LogP contribution in [0.25, 0.3) is 0 Å². The molecule has 1 rings (SSSR count). The van der Waals surface area contributed by atoms with Crippen molar-refractivity contribution in [3.8, 4) is 11.5 Å². The van der Waals surface area contributed by atoms with Gasteiger partial charge >= 0.3 is 0 Å². The first-order valence-corrected chi connectivity index (χ1v) is 6.48. The number of ether oxygens (including phenoxy) is 1. The van der Waals surface area contributed by atoms with Gasteiger partial charge in [0, 0.05) is 6.54 Å². The summed E-state index contributed by atoms with van der Waals surface area (Å²) in [5.74, 6) is 0.482. The summed E-state index contributed by atoms with van der Waals surface area (Å²) in [4.78, 5) is 2.16. The number of nitrogens with zero attached hydrogens (tertiary/aromatic N) is 1. The van der Waals surface area contributed by atoms with Crippen LogP contribution in [0.5, 0.6) is 11.5 Å². The molecule has 1 atom stereocenters. The molecule has 0 aliphatic rings. The Kier molecular flexibility index (Phi) is 6.01. The van der Waals surface area contributed by atoms with E-state index in [2.05, 4.69) is 0 Å². The predicted octanol–water partition coefficient (Wildman–Crippen LogP) is 1.04. The summed E-state index contributed by atoms with van der Waals surface area (Å²) in [6, 6.07) is 4.71. The molecule has 0 saturated heterocycles. The fourth-order valence-electron chi connectivity index (χ4n) is 1.89. The maximum Gasteiger partial charge on any atom is 0.161 e. The Hall–Kier alpha value is -1.37. The number of hydrogen-bond acceptors (Lipinski definition) is 5. The Labute approximate surface area is 118 Å². The number of likely N-dealkylation sites (N-methyl/N-ethyl adjacent to an activating group) is 1. The van der Waals surface area contributed by atoms with E-state index in [0.717, 1.165) is 5.56 Å². The highest BCUT2D eigenvalue weighted by atomic mass is 32.1. The Morgan fingerprint density at radius 1 is 1.53 bits per heavy atom. The molecule has 0 aliphatic heterocycles. The summed E-state index contributed by atoms with van der Waals surface area (Å²) in [6.07, 6.45) is 0. The molecule has 1 aromatic rings. The average molecular weight is 284 g/mol. The van der Waals surface area contributed by atoms with Crippen molar-refractivity contribution >= 4 is 17.2 Å². The van der Waals surface area contributed by atoms with E-state index in [1.165, 1.54) is 0 Å². The average Bonchev–Trinajstić information content (AvgIpc) is 2.33. The number of thiocarbonyl (C=S) groups is 1. The quantitative estimate of drug-likeness (QED) is 0.649. The number of aliphatic hydroxyl groups excluding tert-OH is 1. The smallest absolute Gasteiger partial charge is 0.161 e. The van der Waals surface area contributed by atoms with Crippen LogP contribution in [-0.4, -0.2) is 46.9 Å². The molecule has 0 heterocycles. The summed E-state index contributed by atoms with van der Waals surface area (Å²) in [7, 11) is 1.83. The van der Waals surface area contributed by atoms with Crippen molar-refractivity contribution in [1.82, 2.24) is 4.90 Å². The van der Waals surface area contributed by atoms with Crippen molar-refractivity contribution in [2.45, 2.75) is 13.0 Å². The lowest BCUT2D eigenvalue weighted by atomic mass is 10.0. The molecule has 1 aromatic carbocycles. The second-order valence-corrected chi connectivity index (χ2v) is 4.64. The van der Waals surface area contributed by atoms with Gasteiger partial charge in [-0.3, -0.25) is 4.90 Å². The molecule has 0 fully saturated rings. The number of aromatic hydroxyl groups is 1. The first kappa shape index (κ1) is 15.7. The standard InChI is InChI=1S/C13H20N2O3S/c1-3-18-11-8-9(4-5-10(11)17)12(13(14)19)15(2)6-7-16/h4-5,8,12,16-17H,3,6-7H2,1-2H3,(H2,14,19). The second-order valence-electron chi connectivity index (χ2n) is 4.17. The van der Waals surface area contributed by atoms with Gasteiger partial charge in [-0.1, -0.05) is 18.3 Å². The van der Waals surface area contributed by atoms with Crippen molar-refractivity contribution < 1.29 is 14.9 Å². The number of rotatable bonds is 7. The van der Waals surface area contributed by atoms with Crippen molar-refractivity contribution in [3.05, 3.63) is 23.8 Å². The summed E-state index contributed by atoms with van der Waals surface area (Å²) in [6.45, 7) is 2.77. The molecule has 0 bridgehead atoms. The number of hydrogen-bond donors (Lipinski definition) is 3. The highest BCUT2D eigenvalue weighted by molar-refractivity contribution is 7.80. The van der Waals surface area contributed by atoms with Crippen molar-refractivity contribution in [1.29, 1.82) is 0 Å². The summed E-state index contributed by atoms with van der Waals surface area (Å²) >= 11 is 5.08. The van der Waals surface area contributed by atoms with Crippen LogP contribution >= 0.6 is 12.2 Å². The largest absolute Gasteiger partial charge is 0.504 e. The molecular weight excluding hydrogens is 264 g/mol. The molecule has 106 valence electrons. The molecule has 0 aliphatic carbocycles. The molecule has 5 nitrogen and oxygen atoms in total. The summed E-state index contributed by atoms with van der Waals surface area (Å²) in [5.41, 5.74) is 6.59. The van der Waals surface area contributed by atoms with Crippen molar-refractivity contribution in [2.24, 2.45) is 5.73 Å². The molecule has 6 heteroatoms. The first-order chi connectivity index (χ1) is 9.01. The van der Waals surface area contributed by atoms with E-state index in [1.807, 2.05) is 18.9 Å². The van der Waals surface area contributed by atoms with E-state index in [9.17, 15) is 5.11 Å². The number of phenols is 1. The number of phenolic OH excluding ortho intramolecular Hbond substituents is 1. The zero-order valence-corrected chi connectivity index (χ0v) is 12.0. The number of nitrogens with two attached hydrogens (primary N) is 1. The van der Waals surface area contributed by atoms with E-state index in [0.29, 0.717) is 23.9 Å². The van der Waals surface area contributed by atoms with Crippen LogP contribution in [0.3, 0.4) is 0 Å². The monoisotopic (exact) mass is 284 g/mol. The lowest BCUT2D eigenvalue weighted by molar-refractivity contribution is 0.207. The summed E-state index contributed by atoms with van der Waals surface area (Å²) < 4.78 is 5.34. The van der Waals surface area contributed by atoms with Gasteiger partial charge < -0.3 is 20.7 Å². The van der Waals surface area contributed by atoms with Crippen LogP contribution in [0.1, 0.15) is 18.5 Å². The van der Waals surface area contributed by atoms with Gasteiger partial charge in [0.2, 0.25) is 0 Å². The van der Waals surface area contributed by atoms with Crippen LogP contribution in [0.2, 0.25) is 0 Å². The van der Waals surface area contributed by atoms with E-state index < -0.39 is 0 Å². The van der Waals surface area contributed by atoms with Gasteiger partial charge in [-0.2, -0.15) is 0 Å². The Bertz CT molecular complexity index is 440. The zero-order chi connectivity index (χ0) is 14.4. The van der Waals surface area contributed by atoms with Crippen LogP contribution in [0, 0.1) is 0 Å². The molecule has 1 unspecified atom stereocenters. The van der Waals surface area contributed by atoms with Gasteiger partial charge in [-0.15, -0.1) is 0 Å². The fraction of sp³-hybridized carbons (Fsp3) is 0.462. The third-order valence-corrected chi connectivity index (χ3v) is 2.99. The van der Waals surface area contributed by atoms with E-state index >= 15 is 0 Å². The van der Waals surface area contributed by atoms with Gasteiger partial charge in [0.1, 0.15) is 0 Å². The van der Waals surface area contributed by atoms with Crippen molar-refractivity contribution in [3.63, 3.8) is 0 Å². The Morgan fingerprint density at radius 3 is 2.74 bits per heavy atom.